The van der Waals surface area contributed by atoms with Crippen LogP contribution in [0.2, 0.25) is 0 Å². The van der Waals surface area contributed by atoms with Gasteiger partial charge in [-0.05, 0) is 68.0 Å². The lowest BCUT2D eigenvalue weighted by atomic mass is 9.68. The first kappa shape index (κ1) is 14.1. The highest BCUT2D eigenvalue weighted by Crippen LogP contribution is 2.39. The zero-order valence-corrected chi connectivity index (χ0v) is 12.9. The van der Waals surface area contributed by atoms with E-state index in [1.165, 1.54) is 57.2 Å². The van der Waals surface area contributed by atoms with Gasteiger partial charge in [-0.15, -0.1) is 0 Å². The van der Waals surface area contributed by atoms with Crippen LogP contribution in [0.5, 0.6) is 0 Å². The third kappa shape index (κ3) is 3.44. The minimum atomic E-state index is 0.851. The maximum Gasteiger partial charge on any atom is -0.00146 e. The second-order valence-corrected chi connectivity index (χ2v) is 7.13. The summed E-state index contributed by atoms with van der Waals surface area (Å²) in [5.41, 5.74) is 1.52. The number of hydrogen-bond acceptors (Lipinski definition) is 1. The predicted octanol–water partition coefficient (Wildman–Crippen LogP) is 4.28. The molecule has 0 aromatic heterocycles. The van der Waals surface area contributed by atoms with Gasteiger partial charge < -0.3 is 5.32 Å². The molecule has 1 heterocycles. The maximum atomic E-state index is 3.63. The molecule has 1 aromatic carbocycles. The van der Waals surface area contributed by atoms with Gasteiger partial charge in [0.25, 0.3) is 0 Å². The molecule has 1 saturated carbocycles. The number of rotatable bonds is 3. The molecule has 0 radical (unpaired) electrons. The van der Waals surface area contributed by atoms with E-state index in [0.717, 1.165) is 23.7 Å². The van der Waals surface area contributed by atoms with Crippen LogP contribution in [0.25, 0.3) is 0 Å². The summed E-state index contributed by atoms with van der Waals surface area (Å²) in [4.78, 5) is 0. The van der Waals surface area contributed by atoms with Crippen molar-refractivity contribution in [3.8, 4) is 0 Å². The number of hydrogen-bond donors (Lipinski definition) is 1. The van der Waals surface area contributed by atoms with Crippen LogP contribution in [0.4, 0.5) is 0 Å². The number of benzene rings is 1. The SMILES string of the molecule is CC1CCC(C2CCNCC2Cc2ccccc2)CC1. The summed E-state index contributed by atoms with van der Waals surface area (Å²) in [6, 6.07) is 11.1. The summed E-state index contributed by atoms with van der Waals surface area (Å²) in [6.45, 7) is 4.90. The highest BCUT2D eigenvalue weighted by atomic mass is 14.9. The molecule has 1 aromatic rings. The standard InChI is InChI=1S/C19H29N/c1-15-7-9-17(10-8-15)19-11-12-20-14-18(19)13-16-5-3-2-4-6-16/h2-6,15,17-20H,7-14H2,1H3. The molecule has 110 valence electrons. The van der Waals surface area contributed by atoms with Gasteiger partial charge >= 0.3 is 0 Å². The summed E-state index contributed by atoms with van der Waals surface area (Å²) < 4.78 is 0. The Morgan fingerprint density at radius 3 is 2.50 bits per heavy atom. The highest BCUT2D eigenvalue weighted by molar-refractivity contribution is 5.15. The van der Waals surface area contributed by atoms with E-state index < -0.39 is 0 Å². The van der Waals surface area contributed by atoms with Crippen molar-refractivity contribution in [3.05, 3.63) is 35.9 Å². The molecule has 1 nitrogen and oxygen atoms in total. The fourth-order valence-electron chi connectivity index (χ4n) is 4.42. The first-order chi connectivity index (χ1) is 9.83. The summed E-state index contributed by atoms with van der Waals surface area (Å²) >= 11 is 0. The fourth-order valence-corrected chi connectivity index (χ4v) is 4.42. The second kappa shape index (κ2) is 6.76. The van der Waals surface area contributed by atoms with E-state index in [0.29, 0.717) is 0 Å². The molecule has 3 rings (SSSR count). The lowest BCUT2D eigenvalue weighted by Gasteiger charge is -2.40. The Balaban J connectivity index is 1.64. The van der Waals surface area contributed by atoms with Crippen LogP contribution < -0.4 is 5.32 Å². The summed E-state index contributed by atoms with van der Waals surface area (Å²) in [6.07, 6.45) is 8.56. The number of piperidine rings is 1. The summed E-state index contributed by atoms with van der Waals surface area (Å²) in [5, 5.41) is 3.63. The van der Waals surface area contributed by atoms with E-state index in [4.69, 9.17) is 0 Å². The molecule has 0 spiro atoms. The van der Waals surface area contributed by atoms with Crippen LogP contribution in [0, 0.1) is 23.7 Å². The van der Waals surface area contributed by atoms with Crippen LogP contribution in [0.1, 0.15) is 44.6 Å². The zero-order chi connectivity index (χ0) is 13.8. The van der Waals surface area contributed by atoms with Crippen molar-refractivity contribution in [2.24, 2.45) is 23.7 Å². The quantitative estimate of drug-likeness (QED) is 0.865. The molecule has 1 saturated heterocycles. The van der Waals surface area contributed by atoms with Gasteiger partial charge in [0.2, 0.25) is 0 Å². The topological polar surface area (TPSA) is 12.0 Å². The fraction of sp³-hybridized carbons (Fsp3) is 0.684. The first-order valence-electron chi connectivity index (χ1n) is 8.57. The minimum Gasteiger partial charge on any atom is -0.316 e. The summed E-state index contributed by atoms with van der Waals surface area (Å²) in [5.74, 6) is 3.79. The first-order valence-corrected chi connectivity index (χ1v) is 8.57. The molecule has 2 aliphatic rings. The Morgan fingerprint density at radius 2 is 1.75 bits per heavy atom. The van der Waals surface area contributed by atoms with Crippen molar-refractivity contribution >= 4 is 0 Å². The molecule has 1 aliphatic heterocycles. The van der Waals surface area contributed by atoms with E-state index in [1.54, 1.807) is 0 Å². The van der Waals surface area contributed by atoms with Crippen LogP contribution in [-0.2, 0) is 6.42 Å². The third-order valence-corrected chi connectivity index (χ3v) is 5.67. The Hall–Kier alpha value is -0.820. The molecular formula is C19H29N. The molecule has 20 heavy (non-hydrogen) atoms. The Kier molecular flexibility index (Phi) is 4.77. The van der Waals surface area contributed by atoms with Crippen molar-refractivity contribution < 1.29 is 0 Å². The van der Waals surface area contributed by atoms with E-state index in [1.807, 2.05) is 0 Å². The van der Waals surface area contributed by atoms with Crippen molar-refractivity contribution in [1.29, 1.82) is 0 Å². The summed E-state index contributed by atoms with van der Waals surface area (Å²) in [7, 11) is 0. The van der Waals surface area contributed by atoms with Crippen molar-refractivity contribution in [1.82, 2.24) is 5.32 Å². The van der Waals surface area contributed by atoms with Gasteiger partial charge in [0, 0.05) is 0 Å². The molecule has 2 atom stereocenters. The Morgan fingerprint density at radius 1 is 1.00 bits per heavy atom. The van der Waals surface area contributed by atoms with Gasteiger partial charge in [-0.3, -0.25) is 0 Å². The zero-order valence-electron chi connectivity index (χ0n) is 12.9. The third-order valence-electron chi connectivity index (χ3n) is 5.67. The van der Waals surface area contributed by atoms with Crippen LogP contribution in [0.3, 0.4) is 0 Å². The van der Waals surface area contributed by atoms with Gasteiger partial charge in [0.05, 0.1) is 0 Å². The largest absolute Gasteiger partial charge is 0.316 e. The smallest absolute Gasteiger partial charge is 0.00146 e. The maximum absolute atomic E-state index is 3.63. The highest BCUT2D eigenvalue weighted by Gasteiger charge is 2.33. The Labute approximate surface area is 124 Å². The average molecular weight is 271 g/mol. The van der Waals surface area contributed by atoms with Crippen LogP contribution >= 0.6 is 0 Å². The molecule has 1 heteroatoms. The van der Waals surface area contributed by atoms with E-state index >= 15 is 0 Å². The molecule has 2 fully saturated rings. The lowest BCUT2D eigenvalue weighted by Crippen LogP contribution is -2.41. The Bertz CT molecular complexity index is 391. The molecule has 2 unspecified atom stereocenters. The number of nitrogens with one attached hydrogen (secondary N) is 1. The monoisotopic (exact) mass is 271 g/mol. The molecule has 1 aliphatic carbocycles. The van der Waals surface area contributed by atoms with Gasteiger partial charge in [-0.25, -0.2) is 0 Å². The van der Waals surface area contributed by atoms with Gasteiger partial charge in [-0.2, -0.15) is 0 Å². The van der Waals surface area contributed by atoms with E-state index in [-0.39, 0.29) is 0 Å². The second-order valence-electron chi connectivity index (χ2n) is 7.13. The molecule has 0 bridgehead atoms. The van der Waals surface area contributed by atoms with Gasteiger partial charge in [0.15, 0.2) is 0 Å². The van der Waals surface area contributed by atoms with E-state index in [9.17, 15) is 0 Å². The molecule has 0 amide bonds. The molecule has 1 N–H and O–H groups in total. The lowest BCUT2D eigenvalue weighted by molar-refractivity contribution is 0.124. The molecular weight excluding hydrogens is 242 g/mol. The van der Waals surface area contributed by atoms with E-state index in [2.05, 4.69) is 42.6 Å². The predicted molar refractivity (Wildman–Crippen MR) is 85.7 cm³/mol. The van der Waals surface area contributed by atoms with Crippen molar-refractivity contribution in [3.63, 3.8) is 0 Å². The van der Waals surface area contributed by atoms with Crippen molar-refractivity contribution in [2.45, 2.75) is 45.4 Å². The van der Waals surface area contributed by atoms with Gasteiger partial charge in [-0.1, -0.05) is 50.1 Å². The minimum absolute atomic E-state index is 0.851. The average Bonchev–Trinajstić information content (AvgIpc) is 2.50. The van der Waals surface area contributed by atoms with Crippen LogP contribution in [-0.4, -0.2) is 13.1 Å². The van der Waals surface area contributed by atoms with Crippen molar-refractivity contribution in [2.75, 3.05) is 13.1 Å². The normalized spacial score (nSPS) is 34.9. The van der Waals surface area contributed by atoms with Crippen LogP contribution in [0.15, 0.2) is 30.3 Å². The van der Waals surface area contributed by atoms with Gasteiger partial charge in [0.1, 0.15) is 0 Å².